The van der Waals surface area contributed by atoms with Gasteiger partial charge in [0.1, 0.15) is 18.2 Å². The van der Waals surface area contributed by atoms with E-state index in [-0.39, 0.29) is 43.6 Å². The average Bonchev–Trinajstić information content (AvgIpc) is 3.47. The van der Waals surface area contributed by atoms with Gasteiger partial charge in [-0.3, -0.25) is 9.69 Å². The van der Waals surface area contributed by atoms with Crippen molar-refractivity contribution in [3.8, 4) is 5.75 Å². The molecule has 4 rings (SSSR count). The van der Waals surface area contributed by atoms with Gasteiger partial charge in [0, 0.05) is 30.6 Å². The molecule has 0 saturated heterocycles. The molecule has 1 aromatic heterocycles. The summed E-state index contributed by atoms with van der Waals surface area (Å²) in [6.45, 7) is 6.53. The summed E-state index contributed by atoms with van der Waals surface area (Å²) in [5, 5.41) is 12.5. The molecule has 1 aliphatic carbocycles. The molecule has 1 aromatic carbocycles. The Balaban J connectivity index is 1.43. The highest BCUT2D eigenvalue weighted by Gasteiger charge is 2.34. The van der Waals surface area contributed by atoms with Crippen LogP contribution in [0.2, 0.25) is 0 Å². The van der Waals surface area contributed by atoms with Gasteiger partial charge in [0.15, 0.2) is 0 Å². The molecule has 2 heterocycles. The van der Waals surface area contributed by atoms with Gasteiger partial charge in [-0.2, -0.15) is 0 Å². The van der Waals surface area contributed by atoms with Crippen molar-refractivity contribution in [3.05, 3.63) is 52.0 Å². The number of aliphatic hydroxyl groups excluding tert-OH is 1. The van der Waals surface area contributed by atoms with Gasteiger partial charge in [-0.1, -0.05) is 6.07 Å². The lowest BCUT2D eigenvalue weighted by atomic mass is 10.0. The van der Waals surface area contributed by atoms with Crippen molar-refractivity contribution in [1.29, 1.82) is 0 Å². The van der Waals surface area contributed by atoms with Gasteiger partial charge in [-0.05, 0) is 68.2 Å². The van der Waals surface area contributed by atoms with E-state index in [1.54, 1.807) is 23.5 Å². The summed E-state index contributed by atoms with van der Waals surface area (Å²) >= 11 is 1.70. The van der Waals surface area contributed by atoms with Gasteiger partial charge < -0.3 is 19.5 Å². The van der Waals surface area contributed by atoms with Gasteiger partial charge in [0.2, 0.25) is 5.91 Å². The summed E-state index contributed by atoms with van der Waals surface area (Å²) in [5.74, 6) is 0.740. The second-order valence-electron chi connectivity index (χ2n) is 9.59. The van der Waals surface area contributed by atoms with Crippen molar-refractivity contribution < 1.29 is 23.8 Å². The fourth-order valence-corrected chi connectivity index (χ4v) is 5.34. The van der Waals surface area contributed by atoms with Crippen molar-refractivity contribution in [1.82, 2.24) is 9.80 Å². The predicted octanol–water partition coefficient (Wildman–Crippen LogP) is 3.89. The topological polar surface area (TPSA) is 62.2 Å². The van der Waals surface area contributed by atoms with Crippen molar-refractivity contribution >= 4 is 17.2 Å². The Kier molecular flexibility index (Phi) is 8.58. The van der Waals surface area contributed by atoms with Crippen LogP contribution in [0.4, 0.5) is 4.39 Å². The van der Waals surface area contributed by atoms with Gasteiger partial charge in [-0.25, -0.2) is 4.39 Å². The minimum absolute atomic E-state index is 0.0299. The Labute approximate surface area is 205 Å². The highest BCUT2D eigenvalue weighted by atomic mass is 32.1. The SMILES string of the molecule is CC(C)OC[C@@H](O)CN(CC(=O)N1CCc2sccc2[C@H]1COc1cccc(F)c1)CC1CC1. The number of nitrogens with zero attached hydrogens (tertiary/aromatic N) is 2. The molecule has 34 heavy (non-hydrogen) atoms. The predicted molar refractivity (Wildman–Crippen MR) is 131 cm³/mol. The Hall–Kier alpha value is -2.00. The van der Waals surface area contributed by atoms with Crippen LogP contribution in [0.5, 0.6) is 5.75 Å². The summed E-state index contributed by atoms with van der Waals surface area (Å²) in [6.07, 6.45) is 2.60. The van der Waals surface area contributed by atoms with Crippen LogP contribution in [-0.2, 0) is 16.0 Å². The van der Waals surface area contributed by atoms with E-state index >= 15 is 0 Å². The number of rotatable bonds is 12. The smallest absolute Gasteiger partial charge is 0.237 e. The minimum atomic E-state index is -0.633. The molecule has 1 saturated carbocycles. The Morgan fingerprint density at radius 2 is 2.15 bits per heavy atom. The maximum atomic E-state index is 13.6. The number of amides is 1. The number of ether oxygens (including phenoxy) is 2. The Morgan fingerprint density at radius 3 is 2.88 bits per heavy atom. The second kappa shape index (κ2) is 11.6. The molecule has 1 amide bonds. The summed E-state index contributed by atoms with van der Waals surface area (Å²) in [5.41, 5.74) is 1.11. The number of hydrogen-bond donors (Lipinski definition) is 1. The molecular formula is C26H35FN2O4S. The molecule has 6 nitrogen and oxygen atoms in total. The Morgan fingerprint density at radius 1 is 1.32 bits per heavy atom. The normalized spacial score (nSPS) is 18.9. The van der Waals surface area contributed by atoms with Crippen LogP contribution >= 0.6 is 11.3 Å². The summed E-state index contributed by atoms with van der Waals surface area (Å²) in [4.78, 5) is 18.8. The zero-order valence-corrected chi connectivity index (χ0v) is 20.8. The van der Waals surface area contributed by atoms with E-state index in [2.05, 4.69) is 16.3 Å². The summed E-state index contributed by atoms with van der Waals surface area (Å²) in [7, 11) is 0. The van der Waals surface area contributed by atoms with E-state index in [9.17, 15) is 14.3 Å². The van der Waals surface area contributed by atoms with Crippen LogP contribution in [0.25, 0.3) is 0 Å². The molecule has 2 aliphatic rings. The number of aliphatic hydroxyl groups is 1. The second-order valence-corrected chi connectivity index (χ2v) is 10.6. The highest BCUT2D eigenvalue weighted by molar-refractivity contribution is 7.10. The number of carbonyl (C=O) groups is 1. The lowest BCUT2D eigenvalue weighted by Gasteiger charge is -2.37. The van der Waals surface area contributed by atoms with E-state index < -0.39 is 6.10 Å². The fourth-order valence-electron chi connectivity index (χ4n) is 4.41. The first-order chi connectivity index (χ1) is 16.4. The van der Waals surface area contributed by atoms with Gasteiger partial charge in [0.05, 0.1) is 31.4 Å². The van der Waals surface area contributed by atoms with E-state index in [0.29, 0.717) is 24.8 Å². The number of halogens is 1. The van der Waals surface area contributed by atoms with Crippen LogP contribution in [0.15, 0.2) is 35.7 Å². The van der Waals surface area contributed by atoms with Gasteiger partial charge >= 0.3 is 0 Å². The van der Waals surface area contributed by atoms with E-state index in [0.717, 1.165) is 18.5 Å². The number of hydrogen-bond acceptors (Lipinski definition) is 6. The monoisotopic (exact) mass is 490 g/mol. The quantitative estimate of drug-likeness (QED) is 0.489. The first-order valence-corrected chi connectivity index (χ1v) is 13.0. The molecular weight excluding hydrogens is 455 g/mol. The molecule has 8 heteroatoms. The molecule has 0 bridgehead atoms. The third kappa shape index (κ3) is 7.01. The minimum Gasteiger partial charge on any atom is -0.491 e. The maximum absolute atomic E-state index is 13.6. The van der Waals surface area contributed by atoms with Crippen molar-refractivity contribution in [3.63, 3.8) is 0 Å². The van der Waals surface area contributed by atoms with Crippen molar-refractivity contribution in [2.24, 2.45) is 5.92 Å². The standard InChI is InChI=1S/C26H35FN2O4S/c1-18(2)32-16-21(30)14-28(13-19-6-7-19)15-26(31)29-10-8-25-23(9-11-34-25)24(29)17-33-22-5-3-4-20(27)12-22/h3-5,9,11-12,18-19,21,24,30H,6-8,10,13-17H2,1-2H3/t21-,24+/m0/s1. The van der Waals surface area contributed by atoms with E-state index in [1.807, 2.05) is 18.7 Å². The first kappa shape index (κ1) is 25.1. The van der Waals surface area contributed by atoms with Gasteiger partial charge in [0.25, 0.3) is 0 Å². The van der Waals surface area contributed by atoms with Crippen LogP contribution in [0.3, 0.4) is 0 Å². The van der Waals surface area contributed by atoms with Crippen LogP contribution in [-0.4, -0.2) is 72.4 Å². The molecule has 0 unspecified atom stereocenters. The molecule has 0 spiro atoms. The number of benzene rings is 1. The maximum Gasteiger partial charge on any atom is 0.237 e. The van der Waals surface area contributed by atoms with Crippen molar-refractivity contribution in [2.75, 3.05) is 39.4 Å². The lowest BCUT2D eigenvalue weighted by Crippen LogP contribution is -2.48. The third-order valence-electron chi connectivity index (χ3n) is 6.28. The average molecular weight is 491 g/mol. The molecule has 186 valence electrons. The Bertz CT molecular complexity index is 948. The number of fused-ring (bicyclic) bond motifs is 1. The first-order valence-electron chi connectivity index (χ1n) is 12.1. The van der Waals surface area contributed by atoms with Crippen LogP contribution in [0.1, 0.15) is 43.2 Å². The van der Waals surface area contributed by atoms with E-state index in [1.165, 1.54) is 29.9 Å². The molecule has 1 fully saturated rings. The van der Waals surface area contributed by atoms with Crippen molar-refractivity contribution in [2.45, 2.75) is 51.4 Å². The molecule has 1 aliphatic heterocycles. The molecule has 1 N–H and O–H groups in total. The molecule has 2 atom stereocenters. The fraction of sp³-hybridized carbons (Fsp3) is 0.577. The molecule has 0 radical (unpaired) electrons. The van der Waals surface area contributed by atoms with Crippen LogP contribution in [0, 0.1) is 11.7 Å². The lowest BCUT2D eigenvalue weighted by molar-refractivity contribution is -0.136. The molecule has 2 aromatic rings. The largest absolute Gasteiger partial charge is 0.491 e. The van der Waals surface area contributed by atoms with Crippen LogP contribution < -0.4 is 4.74 Å². The van der Waals surface area contributed by atoms with Gasteiger partial charge in [-0.15, -0.1) is 11.3 Å². The zero-order valence-electron chi connectivity index (χ0n) is 20.0. The third-order valence-corrected chi connectivity index (χ3v) is 7.28. The highest BCUT2D eigenvalue weighted by Crippen LogP contribution is 2.34. The number of carbonyl (C=O) groups excluding carboxylic acids is 1. The summed E-state index contributed by atoms with van der Waals surface area (Å²) < 4.78 is 25.1. The zero-order chi connectivity index (χ0) is 24.1. The van der Waals surface area contributed by atoms with E-state index in [4.69, 9.17) is 9.47 Å². The summed E-state index contributed by atoms with van der Waals surface area (Å²) in [6, 6.07) is 7.94. The number of thiophene rings is 1.